The number of nitrogens with zero attached hydrogens (tertiary/aromatic N) is 3. The van der Waals surface area contributed by atoms with E-state index in [-0.39, 0.29) is 5.41 Å². The number of rotatable bonds is 7. The van der Waals surface area contributed by atoms with Gasteiger partial charge >= 0.3 is 0 Å². The third kappa shape index (κ3) is 6.45. The lowest BCUT2D eigenvalue weighted by molar-refractivity contribution is 0.669. The van der Waals surface area contributed by atoms with Gasteiger partial charge in [0.1, 0.15) is 11.2 Å². The second-order valence-electron chi connectivity index (χ2n) is 19.4. The van der Waals surface area contributed by atoms with Crippen molar-refractivity contribution in [1.82, 2.24) is 15.0 Å². The number of furan rings is 1. The molecule has 0 atom stereocenters. The zero-order valence-corrected chi connectivity index (χ0v) is 40.1. The highest BCUT2D eigenvalue weighted by Gasteiger charge is 2.51. The van der Waals surface area contributed by atoms with Crippen LogP contribution in [0.2, 0.25) is 0 Å². The lowest BCUT2D eigenvalue weighted by Gasteiger charge is -2.30. The van der Waals surface area contributed by atoms with Crippen LogP contribution in [-0.2, 0) is 5.41 Å². The predicted octanol–water partition coefficient (Wildman–Crippen LogP) is 17.8. The molecule has 0 N–H and O–H groups in total. The summed E-state index contributed by atoms with van der Waals surface area (Å²) in [6.45, 7) is 0. The summed E-state index contributed by atoms with van der Waals surface area (Å²) < 4.78 is 6.65. The van der Waals surface area contributed by atoms with Crippen LogP contribution in [0, 0.1) is 0 Å². The standard InChI is InChI=1S/C70H43N3O/c1-3-18-44(19-4-1)46-22-16-25-51(41-46)67-71-68(56-30-8-7-26-52(56)45-20-5-2-6-21-45)73-69(72-67)57-31-17-35-65-66(57)59-43-50(37-39-64(59)74-65)48-24-15-23-47(40-48)49-36-38-63-58(42-49)55-29-11-14-34-62(55)70(63)60-32-12-9-27-53(60)54-28-10-13-33-61(54)70/h1-43H. The highest BCUT2D eigenvalue weighted by Crippen LogP contribution is 2.63. The first-order chi connectivity index (χ1) is 36.7. The molecule has 0 radical (unpaired) electrons. The molecule has 1 spiro atoms. The lowest BCUT2D eigenvalue weighted by atomic mass is 9.70. The van der Waals surface area contributed by atoms with E-state index < -0.39 is 0 Å². The van der Waals surface area contributed by atoms with Crippen LogP contribution in [-0.4, -0.2) is 15.0 Å². The number of fused-ring (bicyclic) bond motifs is 13. The zero-order chi connectivity index (χ0) is 48.7. The first-order valence-electron chi connectivity index (χ1n) is 25.2. The summed E-state index contributed by atoms with van der Waals surface area (Å²) in [6.07, 6.45) is 0. The normalized spacial score (nSPS) is 12.7. The first-order valence-corrected chi connectivity index (χ1v) is 25.2. The largest absolute Gasteiger partial charge is 0.456 e. The van der Waals surface area contributed by atoms with Crippen molar-refractivity contribution in [2.45, 2.75) is 5.41 Å². The van der Waals surface area contributed by atoms with Crippen LogP contribution in [0.3, 0.4) is 0 Å². The Labute approximate surface area is 428 Å². The fraction of sp³-hybridized carbons (Fsp3) is 0.0143. The summed E-state index contributed by atoms with van der Waals surface area (Å²) in [5.41, 5.74) is 23.4. The summed E-state index contributed by atoms with van der Waals surface area (Å²) in [5, 5.41) is 1.95. The molecule has 2 aliphatic carbocycles. The molecule has 0 amide bonds. The van der Waals surface area contributed by atoms with E-state index >= 15 is 0 Å². The van der Waals surface area contributed by atoms with Crippen molar-refractivity contribution in [3.05, 3.63) is 283 Å². The van der Waals surface area contributed by atoms with Crippen molar-refractivity contribution in [2.24, 2.45) is 0 Å². The Balaban J connectivity index is 0.858. The minimum absolute atomic E-state index is 0.369. The third-order valence-corrected chi connectivity index (χ3v) is 15.4. The molecule has 0 unspecified atom stereocenters. The predicted molar refractivity (Wildman–Crippen MR) is 301 cm³/mol. The fourth-order valence-electron chi connectivity index (χ4n) is 12.1. The summed E-state index contributed by atoms with van der Waals surface area (Å²) >= 11 is 0. The van der Waals surface area contributed by atoms with E-state index in [1.54, 1.807) is 0 Å². The van der Waals surface area contributed by atoms with Crippen LogP contribution in [0.4, 0.5) is 0 Å². The molecule has 13 aromatic rings. The molecule has 2 heterocycles. The van der Waals surface area contributed by atoms with Crippen LogP contribution < -0.4 is 0 Å². The van der Waals surface area contributed by atoms with Crippen LogP contribution in [0.1, 0.15) is 22.3 Å². The minimum Gasteiger partial charge on any atom is -0.456 e. The van der Waals surface area contributed by atoms with E-state index in [2.05, 4.69) is 237 Å². The molecule has 0 fully saturated rings. The molecular weight excluding hydrogens is 899 g/mol. The Bertz CT molecular complexity index is 4340. The van der Waals surface area contributed by atoms with Gasteiger partial charge in [0.05, 0.1) is 5.41 Å². The second kappa shape index (κ2) is 16.7. The molecule has 4 nitrogen and oxygen atoms in total. The van der Waals surface area contributed by atoms with Gasteiger partial charge in [-0.25, -0.2) is 15.0 Å². The highest BCUT2D eigenvalue weighted by atomic mass is 16.3. The van der Waals surface area contributed by atoms with Gasteiger partial charge in [0.15, 0.2) is 17.5 Å². The van der Waals surface area contributed by atoms with E-state index in [1.807, 2.05) is 24.3 Å². The molecule has 74 heavy (non-hydrogen) atoms. The van der Waals surface area contributed by atoms with Crippen LogP contribution in [0.25, 0.3) is 123 Å². The monoisotopic (exact) mass is 941 g/mol. The fourth-order valence-corrected chi connectivity index (χ4v) is 12.1. The van der Waals surface area contributed by atoms with Crippen molar-refractivity contribution in [3.8, 4) is 101 Å². The van der Waals surface area contributed by atoms with Gasteiger partial charge in [-0.3, -0.25) is 0 Å². The number of benzene rings is 11. The van der Waals surface area contributed by atoms with E-state index in [9.17, 15) is 0 Å². The summed E-state index contributed by atoms with van der Waals surface area (Å²) in [4.78, 5) is 15.9. The van der Waals surface area contributed by atoms with Gasteiger partial charge in [-0.05, 0) is 125 Å². The Hall–Kier alpha value is -9.77. The van der Waals surface area contributed by atoms with Gasteiger partial charge < -0.3 is 4.42 Å². The first kappa shape index (κ1) is 42.0. The molecule has 0 bridgehead atoms. The van der Waals surface area contributed by atoms with E-state index in [4.69, 9.17) is 19.4 Å². The van der Waals surface area contributed by atoms with Crippen molar-refractivity contribution in [3.63, 3.8) is 0 Å². The quantitative estimate of drug-likeness (QED) is 0.160. The molecule has 4 heteroatoms. The molecule has 344 valence electrons. The Morgan fingerprint density at radius 2 is 0.676 bits per heavy atom. The van der Waals surface area contributed by atoms with E-state index in [0.29, 0.717) is 17.5 Å². The summed E-state index contributed by atoms with van der Waals surface area (Å²) in [7, 11) is 0. The number of aromatic nitrogens is 3. The number of hydrogen-bond acceptors (Lipinski definition) is 4. The second-order valence-corrected chi connectivity index (χ2v) is 19.4. The molecule has 15 rings (SSSR count). The Morgan fingerprint density at radius 1 is 0.243 bits per heavy atom. The van der Waals surface area contributed by atoms with E-state index in [0.717, 1.165) is 77.6 Å². The maximum Gasteiger partial charge on any atom is 0.164 e. The van der Waals surface area contributed by atoms with Crippen molar-refractivity contribution in [1.29, 1.82) is 0 Å². The zero-order valence-electron chi connectivity index (χ0n) is 40.1. The lowest BCUT2D eigenvalue weighted by Crippen LogP contribution is -2.25. The Morgan fingerprint density at radius 3 is 1.35 bits per heavy atom. The van der Waals surface area contributed by atoms with Crippen molar-refractivity contribution >= 4 is 21.9 Å². The molecule has 0 saturated heterocycles. The molecule has 0 saturated carbocycles. The average Bonchev–Trinajstić information content (AvgIpc) is 4.16. The highest BCUT2D eigenvalue weighted by molar-refractivity contribution is 6.13. The number of hydrogen-bond donors (Lipinski definition) is 0. The molecule has 2 aromatic heterocycles. The maximum absolute atomic E-state index is 6.65. The van der Waals surface area contributed by atoms with Crippen molar-refractivity contribution < 1.29 is 4.42 Å². The van der Waals surface area contributed by atoms with Crippen LogP contribution in [0.5, 0.6) is 0 Å². The topological polar surface area (TPSA) is 51.8 Å². The molecular formula is C70H43N3O. The third-order valence-electron chi connectivity index (χ3n) is 15.4. The van der Waals surface area contributed by atoms with Gasteiger partial charge in [-0.1, -0.05) is 224 Å². The molecule has 0 aliphatic heterocycles. The minimum atomic E-state index is -0.369. The Kier molecular flexibility index (Phi) is 9.45. The van der Waals surface area contributed by atoms with Crippen LogP contribution >= 0.6 is 0 Å². The molecule has 2 aliphatic rings. The maximum atomic E-state index is 6.65. The van der Waals surface area contributed by atoms with Crippen LogP contribution in [0.15, 0.2) is 265 Å². The van der Waals surface area contributed by atoms with Crippen molar-refractivity contribution in [2.75, 3.05) is 0 Å². The summed E-state index contributed by atoms with van der Waals surface area (Å²) in [6, 6.07) is 93.4. The molecule has 11 aromatic carbocycles. The van der Waals surface area contributed by atoms with Gasteiger partial charge in [-0.2, -0.15) is 0 Å². The van der Waals surface area contributed by atoms with Gasteiger partial charge in [-0.15, -0.1) is 0 Å². The smallest absolute Gasteiger partial charge is 0.164 e. The van der Waals surface area contributed by atoms with E-state index in [1.165, 1.54) is 50.1 Å². The van der Waals surface area contributed by atoms with Gasteiger partial charge in [0, 0.05) is 27.5 Å². The summed E-state index contributed by atoms with van der Waals surface area (Å²) in [5.74, 6) is 1.76. The van der Waals surface area contributed by atoms with Gasteiger partial charge in [0.25, 0.3) is 0 Å². The average molecular weight is 942 g/mol. The SMILES string of the molecule is c1ccc(-c2cccc(-c3nc(-c4ccccc4-c4ccccc4)nc(-c4cccc5oc6ccc(-c7cccc(-c8ccc9c(c8)-c8ccccc8C98c9ccccc9-c9ccccc98)c7)cc6c45)n3)c2)cc1. The van der Waals surface area contributed by atoms with Gasteiger partial charge in [0.2, 0.25) is 0 Å².